The number of nitrogens with zero attached hydrogens (tertiary/aromatic N) is 1. The van der Waals surface area contributed by atoms with E-state index < -0.39 is 6.09 Å². The molecule has 0 bridgehead atoms. The van der Waals surface area contributed by atoms with E-state index in [1.807, 2.05) is 37.3 Å². The van der Waals surface area contributed by atoms with Gasteiger partial charge in [0.25, 0.3) is 5.91 Å². The number of amides is 2. The lowest BCUT2D eigenvalue weighted by atomic mass is 9.98. The van der Waals surface area contributed by atoms with Crippen molar-refractivity contribution in [2.45, 2.75) is 38.6 Å². The molecule has 212 valence electrons. The number of hydrogen-bond acceptors (Lipinski definition) is 5. The molecular weight excluding hydrogens is 526 g/mol. The number of terminal acetylenes is 1. The number of unbranched alkanes of at least 4 members (excludes halogenated alkanes) is 2. The lowest BCUT2D eigenvalue weighted by molar-refractivity contribution is 0.0952. The monoisotopic (exact) mass is 559 g/mol. The molecule has 0 aliphatic heterocycles. The van der Waals surface area contributed by atoms with Crippen LogP contribution >= 0.6 is 0 Å². The van der Waals surface area contributed by atoms with Gasteiger partial charge in [-0.1, -0.05) is 54.6 Å². The first-order valence-corrected chi connectivity index (χ1v) is 14.1. The molecule has 0 fully saturated rings. The van der Waals surface area contributed by atoms with Crippen LogP contribution in [0.5, 0.6) is 11.6 Å². The van der Waals surface area contributed by atoms with Crippen molar-refractivity contribution in [3.63, 3.8) is 0 Å². The van der Waals surface area contributed by atoms with Crippen LogP contribution in [-0.4, -0.2) is 30.1 Å². The van der Waals surface area contributed by atoms with Crippen LogP contribution in [-0.2, 0) is 11.3 Å². The summed E-state index contributed by atoms with van der Waals surface area (Å²) in [5, 5.41) is 5.74. The molecule has 4 aromatic rings. The predicted molar refractivity (Wildman–Crippen MR) is 162 cm³/mol. The summed E-state index contributed by atoms with van der Waals surface area (Å²) >= 11 is 0. The first kappa shape index (κ1) is 28.4. The molecule has 0 saturated heterocycles. The summed E-state index contributed by atoms with van der Waals surface area (Å²) in [5.41, 5.74) is 6.74. The predicted octanol–water partition coefficient (Wildman–Crippen LogP) is 6.75. The van der Waals surface area contributed by atoms with Crippen molar-refractivity contribution in [2.75, 3.05) is 13.2 Å². The van der Waals surface area contributed by atoms with Gasteiger partial charge in [-0.05, 0) is 71.8 Å². The van der Waals surface area contributed by atoms with Crippen molar-refractivity contribution in [3.05, 3.63) is 113 Å². The van der Waals surface area contributed by atoms with Gasteiger partial charge >= 0.3 is 6.09 Å². The highest BCUT2D eigenvalue weighted by Gasteiger charge is 2.29. The van der Waals surface area contributed by atoms with E-state index in [9.17, 15) is 9.59 Å². The van der Waals surface area contributed by atoms with Crippen LogP contribution in [0, 0.1) is 19.3 Å². The molecule has 2 amide bonds. The van der Waals surface area contributed by atoms with E-state index in [1.54, 1.807) is 30.3 Å². The van der Waals surface area contributed by atoms with Crippen LogP contribution in [0.25, 0.3) is 11.1 Å². The maximum Gasteiger partial charge on any atom is 0.407 e. The molecule has 1 aromatic heterocycles. The van der Waals surface area contributed by atoms with Crippen LogP contribution < -0.4 is 15.4 Å². The summed E-state index contributed by atoms with van der Waals surface area (Å²) in [6.45, 7) is 2.91. The number of alkyl carbamates (subject to hydrolysis) is 1. The van der Waals surface area contributed by atoms with E-state index in [-0.39, 0.29) is 25.0 Å². The number of carbonyl (C=O) groups is 2. The van der Waals surface area contributed by atoms with Crippen LogP contribution in [0.1, 0.15) is 57.9 Å². The second kappa shape index (κ2) is 13.5. The van der Waals surface area contributed by atoms with Gasteiger partial charge < -0.3 is 20.1 Å². The molecule has 3 aromatic carbocycles. The van der Waals surface area contributed by atoms with Crippen LogP contribution in [0.3, 0.4) is 0 Å². The highest BCUT2D eigenvalue weighted by molar-refractivity contribution is 5.94. The third kappa shape index (κ3) is 6.97. The number of pyridine rings is 1. The molecular formula is C35H33N3O4. The molecule has 0 unspecified atom stereocenters. The normalized spacial score (nSPS) is 11.6. The minimum absolute atomic E-state index is 0.00220. The van der Waals surface area contributed by atoms with Crippen LogP contribution in [0.4, 0.5) is 4.79 Å². The Balaban J connectivity index is 1.16. The standard InChI is InChI=1S/C35H33N3O4/c1-3-4-5-10-18-36-34(39)26-12-11-13-27(21-26)42-33-20-25(19-24(2)38-33)22-37-35(40)41-23-32-30-16-8-6-14-28(30)29-15-7-9-17-31(29)32/h1,6-9,11-17,19-21,32H,4-5,10,18,22-23H2,2H3,(H,36,39)(H,37,40). The van der Waals surface area contributed by atoms with Gasteiger partial charge in [-0.3, -0.25) is 4.79 Å². The van der Waals surface area contributed by atoms with Gasteiger partial charge in [0.05, 0.1) is 0 Å². The maximum absolute atomic E-state index is 12.7. The Bertz CT molecular complexity index is 1580. The van der Waals surface area contributed by atoms with Gasteiger partial charge in [-0.2, -0.15) is 0 Å². The number of ether oxygens (including phenoxy) is 2. The summed E-state index contributed by atoms with van der Waals surface area (Å²) in [7, 11) is 0. The molecule has 0 saturated carbocycles. The molecule has 7 heteroatoms. The second-order valence-corrected chi connectivity index (χ2v) is 10.2. The molecule has 7 nitrogen and oxygen atoms in total. The minimum atomic E-state index is -0.494. The van der Waals surface area contributed by atoms with Crippen molar-refractivity contribution in [1.82, 2.24) is 15.6 Å². The first-order valence-electron chi connectivity index (χ1n) is 14.1. The van der Waals surface area contributed by atoms with Gasteiger partial charge in [0, 0.05) is 42.8 Å². The fourth-order valence-electron chi connectivity index (χ4n) is 5.16. The molecule has 0 atom stereocenters. The Kier molecular flexibility index (Phi) is 9.15. The molecule has 1 heterocycles. The van der Waals surface area contributed by atoms with Crippen LogP contribution in [0.15, 0.2) is 84.9 Å². The summed E-state index contributed by atoms with van der Waals surface area (Å²) in [6.07, 6.45) is 7.17. The highest BCUT2D eigenvalue weighted by atomic mass is 16.5. The maximum atomic E-state index is 12.7. The smallest absolute Gasteiger partial charge is 0.407 e. The average Bonchev–Trinajstić information content (AvgIpc) is 3.32. The first-order chi connectivity index (χ1) is 20.5. The lowest BCUT2D eigenvalue weighted by Gasteiger charge is -2.15. The Morgan fingerprint density at radius 1 is 0.905 bits per heavy atom. The SMILES string of the molecule is C#CCCCCNC(=O)c1cccc(Oc2cc(CNC(=O)OCC3c4ccccc4-c4ccccc43)cc(C)n2)c1. The van der Waals surface area contributed by atoms with Gasteiger partial charge in [0.15, 0.2) is 0 Å². The Hall–Kier alpha value is -5.09. The molecule has 1 aliphatic carbocycles. The summed E-state index contributed by atoms with van der Waals surface area (Å²) in [5.74, 6) is 3.28. The number of aromatic nitrogens is 1. The quantitative estimate of drug-likeness (QED) is 0.157. The largest absolute Gasteiger partial charge is 0.449 e. The van der Waals surface area contributed by atoms with Gasteiger partial charge in [0.1, 0.15) is 12.4 Å². The number of aryl methyl sites for hydroxylation is 1. The third-order valence-corrected chi connectivity index (χ3v) is 7.12. The molecule has 5 rings (SSSR count). The Labute approximate surface area is 246 Å². The number of hydrogen-bond donors (Lipinski definition) is 2. The third-order valence-electron chi connectivity index (χ3n) is 7.12. The average molecular weight is 560 g/mol. The summed E-state index contributed by atoms with van der Waals surface area (Å²) < 4.78 is 11.6. The van der Waals surface area contributed by atoms with Crippen LogP contribution in [0.2, 0.25) is 0 Å². The molecule has 0 spiro atoms. The summed E-state index contributed by atoms with van der Waals surface area (Å²) in [6, 6.07) is 27.0. The van der Waals surface area contributed by atoms with Crippen molar-refractivity contribution in [2.24, 2.45) is 0 Å². The zero-order chi connectivity index (χ0) is 29.3. The number of carbonyl (C=O) groups excluding carboxylic acids is 2. The van der Waals surface area contributed by atoms with Gasteiger partial charge in [-0.15, -0.1) is 12.3 Å². The fraction of sp³-hybridized carbons (Fsp3) is 0.229. The van der Waals surface area contributed by atoms with E-state index in [2.05, 4.69) is 45.8 Å². The molecule has 42 heavy (non-hydrogen) atoms. The second-order valence-electron chi connectivity index (χ2n) is 10.2. The zero-order valence-electron chi connectivity index (χ0n) is 23.6. The topological polar surface area (TPSA) is 89.6 Å². The van der Waals surface area contributed by atoms with Crippen molar-refractivity contribution < 1.29 is 19.1 Å². The molecule has 1 aliphatic rings. The minimum Gasteiger partial charge on any atom is -0.449 e. The lowest BCUT2D eigenvalue weighted by Crippen LogP contribution is -2.25. The summed E-state index contributed by atoms with van der Waals surface area (Å²) in [4.78, 5) is 29.6. The van der Waals surface area contributed by atoms with E-state index in [1.165, 1.54) is 22.3 Å². The van der Waals surface area contributed by atoms with Crippen molar-refractivity contribution >= 4 is 12.0 Å². The molecule has 2 N–H and O–H groups in total. The van der Waals surface area contributed by atoms with Gasteiger partial charge in [-0.25, -0.2) is 9.78 Å². The zero-order valence-corrected chi connectivity index (χ0v) is 23.6. The number of benzene rings is 3. The number of rotatable bonds is 11. The van der Waals surface area contributed by atoms with E-state index in [4.69, 9.17) is 15.9 Å². The fourth-order valence-corrected chi connectivity index (χ4v) is 5.16. The van der Waals surface area contributed by atoms with E-state index >= 15 is 0 Å². The highest BCUT2D eigenvalue weighted by Crippen LogP contribution is 2.44. The number of nitrogens with one attached hydrogen (secondary N) is 2. The Morgan fingerprint density at radius 3 is 2.38 bits per heavy atom. The van der Waals surface area contributed by atoms with E-state index in [0.29, 0.717) is 30.2 Å². The van der Waals surface area contributed by atoms with Gasteiger partial charge in [0.2, 0.25) is 5.88 Å². The number of fused-ring (bicyclic) bond motifs is 3. The van der Waals surface area contributed by atoms with Crippen molar-refractivity contribution in [3.8, 4) is 35.1 Å². The van der Waals surface area contributed by atoms with E-state index in [0.717, 1.165) is 24.1 Å². The van der Waals surface area contributed by atoms with Crippen molar-refractivity contribution in [1.29, 1.82) is 0 Å². The Morgan fingerprint density at radius 2 is 1.64 bits per heavy atom. The molecule has 0 radical (unpaired) electrons.